The Labute approximate surface area is 196 Å². The van der Waals surface area contributed by atoms with E-state index in [2.05, 4.69) is 11.4 Å². The second-order valence-corrected chi connectivity index (χ2v) is 8.55. The fraction of sp³-hybridized carbons (Fsp3) is 0.462. The second kappa shape index (κ2) is 11.1. The van der Waals surface area contributed by atoms with E-state index in [0.717, 1.165) is 35.3 Å². The Kier molecular flexibility index (Phi) is 8.20. The SMILES string of the molecule is COc1ccc(C(=O)NCC2CCN(C(=O)COc3c(C)ccc(C)c3C)CC2)cc1OC. The van der Waals surface area contributed by atoms with Gasteiger partial charge in [0.25, 0.3) is 11.8 Å². The van der Waals surface area contributed by atoms with Crippen LogP contribution in [-0.2, 0) is 4.79 Å². The van der Waals surface area contributed by atoms with Gasteiger partial charge < -0.3 is 24.4 Å². The van der Waals surface area contributed by atoms with Crippen molar-refractivity contribution in [3.05, 3.63) is 52.6 Å². The molecule has 0 atom stereocenters. The van der Waals surface area contributed by atoms with Crippen molar-refractivity contribution < 1.29 is 23.8 Å². The van der Waals surface area contributed by atoms with Crippen molar-refractivity contribution in [3.8, 4) is 17.2 Å². The predicted molar refractivity (Wildman–Crippen MR) is 127 cm³/mol. The lowest BCUT2D eigenvalue weighted by molar-refractivity contribution is -0.134. The van der Waals surface area contributed by atoms with E-state index in [1.54, 1.807) is 32.4 Å². The number of piperidine rings is 1. The average molecular weight is 455 g/mol. The fourth-order valence-corrected chi connectivity index (χ4v) is 4.08. The van der Waals surface area contributed by atoms with Crippen LogP contribution in [0.2, 0.25) is 0 Å². The predicted octanol–water partition coefficient (Wildman–Crippen LogP) is 3.68. The fourth-order valence-electron chi connectivity index (χ4n) is 4.08. The number of methoxy groups -OCH3 is 2. The number of ether oxygens (including phenoxy) is 3. The lowest BCUT2D eigenvalue weighted by Crippen LogP contribution is -2.43. The zero-order valence-corrected chi connectivity index (χ0v) is 20.2. The Bertz CT molecular complexity index is 996. The Balaban J connectivity index is 1.45. The van der Waals surface area contributed by atoms with Crippen LogP contribution < -0.4 is 19.5 Å². The van der Waals surface area contributed by atoms with Crippen LogP contribution in [0.4, 0.5) is 0 Å². The summed E-state index contributed by atoms with van der Waals surface area (Å²) < 4.78 is 16.4. The number of likely N-dealkylation sites (tertiary alicyclic amines) is 1. The molecule has 1 fully saturated rings. The Morgan fingerprint density at radius 1 is 0.970 bits per heavy atom. The van der Waals surface area contributed by atoms with Gasteiger partial charge in [-0.15, -0.1) is 0 Å². The summed E-state index contributed by atoms with van der Waals surface area (Å²) in [5.41, 5.74) is 3.79. The summed E-state index contributed by atoms with van der Waals surface area (Å²) in [5, 5.41) is 3.00. The minimum atomic E-state index is -0.147. The number of benzene rings is 2. The van der Waals surface area contributed by atoms with Crippen LogP contribution in [0, 0.1) is 26.7 Å². The van der Waals surface area contributed by atoms with Gasteiger partial charge in [0.1, 0.15) is 5.75 Å². The standard InChI is InChI=1S/C26H34N2O5/c1-17-6-7-18(2)25(19(17)3)33-16-24(29)28-12-10-20(11-13-28)15-27-26(30)21-8-9-22(31-4)23(14-21)32-5/h6-9,14,20H,10-13,15-16H2,1-5H3,(H,27,30). The van der Waals surface area contributed by atoms with Crippen LogP contribution in [0.25, 0.3) is 0 Å². The van der Waals surface area contributed by atoms with E-state index >= 15 is 0 Å². The molecule has 7 nitrogen and oxygen atoms in total. The number of hydrogen-bond acceptors (Lipinski definition) is 5. The number of aryl methyl sites for hydroxylation is 2. The van der Waals surface area contributed by atoms with Crippen molar-refractivity contribution in [1.29, 1.82) is 0 Å². The van der Waals surface area contributed by atoms with Crippen LogP contribution >= 0.6 is 0 Å². The lowest BCUT2D eigenvalue weighted by atomic mass is 9.96. The number of amides is 2. The van der Waals surface area contributed by atoms with E-state index in [1.807, 2.05) is 31.7 Å². The topological polar surface area (TPSA) is 77.1 Å². The molecule has 1 aliphatic rings. The Morgan fingerprint density at radius 3 is 2.30 bits per heavy atom. The van der Waals surface area contributed by atoms with Gasteiger partial charge in [0.2, 0.25) is 0 Å². The first kappa shape index (κ1) is 24.4. The van der Waals surface area contributed by atoms with E-state index in [9.17, 15) is 9.59 Å². The number of carbonyl (C=O) groups excluding carboxylic acids is 2. The normalized spacial score (nSPS) is 14.0. The van der Waals surface area contributed by atoms with Crippen molar-refractivity contribution in [2.24, 2.45) is 5.92 Å². The molecular formula is C26H34N2O5. The first-order chi connectivity index (χ1) is 15.8. The van der Waals surface area contributed by atoms with Crippen molar-refractivity contribution >= 4 is 11.8 Å². The number of nitrogens with one attached hydrogen (secondary N) is 1. The molecule has 0 bridgehead atoms. The molecule has 0 spiro atoms. The molecule has 0 aliphatic carbocycles. The van der Waals surface area contributed by atoms with E-state index in [-0.39, 0.29) is 18.4 Å². The molecule has 1 N–H and O–H groups in total. The molecule has 0 unspecified atom stereocenters. The summed E-state index contributed by atoms with van der Waals surface area (Å²) in [5.74, 6) is 2.10. The van der Waals surface area contributed by atoms with Crippen LogP contribution in [0.1, 0.15) is 39.9 Å². The summed E-state index contributed by atoms with van der Waals surface area (Å²) in [6, 6.07) is 9.19. The lowest BCUT2D eigenvalue weighted by Gasteiger charge is -2.32. The molecule has 2 amide bonds. The van der Waals surface area contributed by atoms with Gasteiger partial charge >= 0.3 is 0 Å². The molecule has 1 aliphatic heterocycles. The molecule has 178 valence electrons. The number of nitrogens with zero attached hydrogens (tertiary/aromatic N) is 1. The number of carbonyl (C=O) groups is 2. The summed E-state index contributed by atoms with van der Waals surface area (Å²) in [6.07, 6.45) is 1.70. The zero-order chi connectivity index (χ0) is 24.0. The highest BCUT2D eigenvalue weighted by Crippen LogP contribution is 2.28. The molecule has 1 saturated heterocycles. The van der Waals surface area contributed by atoms with Gasteiger partial charge in [-0.25, -0.2) is 0 Å². The number of hydrogen-bond donors (Lipinski definition) is 1. The molecule has 2 aromatic carbocycles. The molecule has 0 radical (unpaired) electrons. The molecule has 7 heteroatoms. The second-order valence-electron chi connectivity index (χ2n) is 8.55. The van der Waals surface area contributed by atoms with Crippen molar-refractivity contribution in [2.45, 2.75) is 33.6 Å². The maximum atomic E-state index is 12.7. The first-order valence-electron chi connectivity index (χ1n) is 11.3. The van der Waals surface area contributed by atoms with Gasteiger partial charge in [-0.3, -0.25) is 9.59 Å². The van der Waals surface area contributed by atoms with Crippen LogP contribution in [-0.4, -0.2) is 57.2 Å². The van der Waals surface area contributed by atoms with Gasteiger partial charge in [-0.05, 0) is 74.4 Å². The van der Waals surface area contributed by atoms with E-state index in [0.29, 0.717) is 42.6 Å². The van der Waals surface area contributed by atoms with E-state index < -0.39 is 0 Å². The summed E-state index contributed by atoms with van der Waals surface area (Å²) >= 11 is 0. The highest BCUT2D eigenvalue weighted by atomic mass is 16.5. The summed E-state index contributed by atoms with van der Waals surface area (Å²) in [7, 11) is 3.11. The molecule has 2 aromatic rings. The number of rotatable bonds is 8. The third kappa shape index (κ3) is 5.97. The molecular weight excluding hydrogens is 420 g/mol. The van der Waals surface area contributed by atoms with Crippen LogP contribution in [0.3, 0.4) is 0 Å². The largest absolute Gasteiger partial charge is 0.493 e. The first-order valence-corrected chi connectivity index (χ1v) is 11.3. The molecule has 1 heterocycles. The van der Waals surface area contributed by atoms with Crippen molar-refractivity contribution in [1.82, 2.24) is 10.2 Å². The molecule has 0 aromatic heterocycles. The smallest absolute Gasteiger partial charge is 0.260 e. The van der Waals surface area contributed by atoms with Gasteiger partial charge in [-0.2, -0.15) is 0 Å². The quantitative estimate of drug-likeness (QED) is 0.659. The molecule has 3 rings (SSSR count). The third-order valence-corrected chi connectivity index (χ3v) is 6.38. The molecule has 0 saturated carbocycles. The maximum Gasteiger partial charge on any atom is 0.260 e. The monoisotopic (exact) mass is 454 g/mol. The third-order valence-electron chi connectivity index (χ3n) is 6.38. The molecule has 33 heavy (non-hydrogen) atoms. The van der Waals surface area contributed by atoms with Crippen LogP contribution in [0.5, 0.6) is 17.2 Å². The summed E-state index contributed by atoms with van der Waals surface area (Å²) in [6.45, 7) is 8.02. The minimum absolute atomic E-state index is 0.00289. The van der Waals surface area contributed by atoms with Gasteiger partial charge in [0.15, 0.2) is 18.1 Å². The Hall–Kier alpha value is -3.22. The zero-order valence-electron chi connectivity index (χ0n) is 20.2. The maximum absolute atomic E-state index is 12.7. The summed E-state index contributed by atoms with van der Waals surface area (Å²) in [4.78, 5) is 27.1. The van der Waals surface area contributed by atoms with Gasteiger partial charge in [-0.1, -0.05) is 12.1 Å². The van der Waals surface area contributed by atoms with Crippen molar-refractivity contribution in [3.63, 3.8) is 0 Å². The minimum Gasteiger partial charge on any atom is -0.493 e. The van der Waals surface area contributed by atoms with E-state index in [4.69, 9.17) is 14.2 Å². The highest BCUT2D eigenvalue weighted by Gasteiger charge is 2.24. The van der Waals surface area contributed by atoms with Gasteiger partial charge in [0.05, 0.1) is 14.2 Å². The average Bonchev–Trinajstić information content (AvgIpc) is 2.84. The van der Waals surface area contributed by atoms with Crippen molar-refractivity contribution in [2.75, 3.05) is 40.5 Å². The van der Waals surface area contributed by atoms with Gasteiger partial charge in [0, 0.05) is 25.2 Å². The highest BCUT2D eigenvalue weighted by molar-refractivity contribution is 5.94. The van der Waals surface area contributed by atoms with E-state index in [1.165, 1.54) is 0 Å². The van der Waals surface area contributed by atoms with Crippen LogP contribution in [0.15, 0.2) is 30.3 Å². The Morgan fingerprint density at radius 2 is 1.64 bits per heavy atom.